The highest BCUT2D eigenvalue weighted by Gasteiger charge is 2.52. The van der Waals surface area contributed by atoms with Crippen molar-refractivity contribution in [3.63, 3.8) is 0 Å². The Hall–Kier alpha value is -0.0500. The molecule has 0 saturated heterocycles. The van der Waals surface area contributed by atoms with Gasteiger partial charge in [0.25, 0.3) is 0 Å². The van der Waals surface area contributed by atoms with E-state index >= 15 is 0 Å². The van der Waals surface area contributed by atoms with Crippen LogP contribution in [0.3, 0.4) is 0 Å². The zero-order valence-electron chi connectivity index (χ0n) is 8.13. The van der Waals surface area contributed by atoms with E-state index in [0.29, 0.717) is 11.7 Å². The van der Waals surface area contributed by atoms with Crippen LogP contribution in [0, 0.1) is 11.3 Å². The van der Waals surface area contributed by atoms with E-state index in [1.807, 2.05) is 0 Å². The van der Waals surface area contributed by atoms with Crippen molar-refractivity contribution in [1.82, 2.24) is 0 Å². The van der Waals surface area contributed by atoms with E-state index in [2.05, 4.69) is 13.8 Å². The smallest absolute Gasteiger partial charge is 0.148 e. The summed E-state index contributed by atoms with van der Waals surface area (Å²) in [6, 6.07) is 0. The first kappa shape index (κ1) is 10.0. The van der Waals surface area contributed by atoms with Crippen LogP contribution in [0.5, 0.6) is 0 Å². The molecule has 2 unspecified atom stereocenters. The van der Waals surface area contributed by atoms with Gasteiger partial charge in [0, 0.05) is 6.26 Å². The summed E-state index contributed by atoms with van der Waals surface area (Å²) in [4.78, 5) is 0. The molecule has 2 atom stereocenters. The fourth-order valence-corrected chi connectivity index (χ4v) is 3.85. The number of sulfone groups is 1. The molecule has 1 rings (SSSR count). The van der Waals surface area contributed by atoms with Gasteiger partial charge in [0.05, 0.1) is 5.75 Å². The Morgan fingerprint density at radius 3 is 2.25 bits per heavy atom. The molecule has 3 heteroatoms. The minimum absolute atomic E-state index is 0.155. The van der Waals surface area contributed by atoms with E-state index in [-0.39, 0.29) is 5.41 Å². The number of hydrogen-bond donors (Lipinski definition) is 0. The highest BCUT2D eigenvalue weighted by Crippen LogP contribution is 2.57. The molecule has 0 radical (unpaired) electrons. The lowest BCUT2D eigenvalue weighted by Crippen LogP contribution is -2.17. The molecule has 1 aliphatic carbocycles. The molecular weight excluding hydrogens is 172 g/mol. The molecule has 0 N–H and O–H groups in total. The molecule has 0 aromatic heterocycles. The molecule has 1 saturated carbocycles. The van der Waals surface area contributed by atoms with E-state index in [1.165, 1.54) is 6.26 Å². The first-order chi connectivity index (χ1) is 5.43. The number of hydrogen-bond acceptors (Lipinski definition) is 2. The van der Waals surface area contributed by atoms with E-state index in [0.717, 1.165) is 19.3 Å². The maximum Gasteiger partial charge on any atom is 0.148 e. The average molecular weight is 190 g/mol. The Labute approximate surface area is 75.3 Å². The highest BCUT2D eigenvalue weighted by atomic mass is 32.2. The Bertz CT molecular complexity index is 256. The quantitative estimate of drug-likeness (QED) is 0.678. The molecule has 2 nitrogen and oxygen atoms in total. The predicted molar refractivity (Wildman–Crippen MR) is 50.8 cm³/mol. The minimum Gasteiger partial charge on any atom is -0.229 e. The third-order valence-electron chi connectivity index (χ3n) is 3.11. The van der Waals surface area contributed by atoms with Gasteiger partial charge < -0.3 is 0 Å². The maximum atomic E-state index is 11.1. The lowest BCUT2D eigenvalue weighted by Gasteiger charge is -2.12. The predicted octanol–water partition coefficient (Wildman–Crippen LogP) is 1.86. The zero-order chi connectivity index (χ0) is 9.41. The Morgan fingerprint density at radius 2 is 2.00 bits per heavy atom. The van der Waals surface area contributed by atoms with Crippen molar-refractivity contribution < 1.29 is 8.42 Å². The number of rotatable bonds is 4. The lowest BCUT2D eigenvalue weighted by molar-refractivity contribution is 0.472. The van der Waals surface area contributed by atoms with Crippen molar-refractivity contribution in [3.05, 3.63) is 0 Å². The largest absolute Gasteiger partial charge is 0.229 e. The topological polar surface area (TPSA) is 34.1 Å². The summed E-state index contributed by atoms with van der Waals surface area (Å²) in [6.45, 7) is 4.24. The van der Waals surface area contributed by atoms with Gasteiger partial charge in [-0.3, -0.25) is 0 Å². The summed E-state index contributed by atoms with van der Waals surface area (Å²) in [5, 5.41) is 0. The highest BCUT2D eigenvalue weighted by molar-refractivity contribution is 7.90. The van der Waals surface area contributed by atoms with E-state index in [1.54, 1.807) is 0 Å². The van der Waals surface area contributed by atoms with Crippen LogP contribution >= 0.6 is 0 Å². The third-order valence-corrected chi connectivity index (χ3v) is 4.20. The Balaban J connectivity index is 2.62. The van der Waals surface area contributed by atoms with E-state index < -0.39 is 9.84 Å². The van der Waals surface area contributed by atoms with Gasteiger partial charge in [0.2, 0.25) is 0 Å². The summed E-state index contributed by atoms with van der Waals surface area (Å²) in [7, 11) is -2.77. The van der Waals surface area contributed by atoms with Gasteiger partial charge in [-0.25, -0.2) is 8.42 Å². The summed E-state index contributed by atoms with van der Waals surface area (Å²) in [5.74, 6) is 1.06. The van der Waals surface area contributed by atoms with Gasteiger partial charge in [-0.05, 0) is 24.2 Å². The maximum absolute atomic E-state index is 11.1. The molecule has 0 aliphatic heterocycles. The van der Waals surface area contributed by atoms with Gasteiger partial charge in [0.1, 0.15) is 9.84 Å². The van der Waals surface area contributed by atoms with Crippen LogP contribution in [-0.2, 0) is 9.84 Å². The van der Waals surface area contributed by atoms with Gasteiger partial charge in [-0.15, -0.1) is 0 Å². The zero-order valence-corrected chi connectivity index (χ0v) is 8.95. The van der Waals surface area contributed by atoms with Crippen molar-refractivity contribution in [2.45, 2.75) is 33.1 Å². The molecule has 0 spiro atoms. The molecule has 0 aromatic rings. The van der Waals surface area contributed by atoms with E-state index in [9.17, 15) is 8.42 Å². The molecule has 0 amide bonds. The van der Waals surface area contributed by atoms with Crippen molar-refractivity contribution in [3.8, 4) is 0 Å². The van der Waals surface area contributed by atoms with Gasteiger partial charge in [0.15, 0.2) is 0 Å². The molecule has 12 heavy (non-hydrogen) atoms. The standard InChI is InChI=1S/C9H18O2S/c1-4-8-6-9(8,5-2)7-12(3,10)11/h8H,4-7H2,1-3H3. The first-order valence-electron chi connectivity index (χ1n) is 4.61. The van der Waals surface area contributed by atoms with Gasteiger partial charge >= 0.3 is 0 Å². The average Bonchev–Trinajstić information content (AvgIpc) is 2.60. The fraction of sp³-hybridized carbons (Fsp3) is 1.00. The van der Waals surface area contributed by atoms with E-state index in [4.69, 9.17) is 0 Å². The van der Waals surface area contributed by atoms with Gasteiger partial charge in [-0.2, -0.15) is 0 Å². The summed E-state index contributed by atoms with van der Waals surface area (Å²) in [6.07, 6.45) is 4.60. The molecule has 0 aromatic carbocycles. The van der Waals surface area contributed by atoms with Crippen LogP contribution in [0.2, 0.25) is 0 Å². The molecule has 1 fully saturated rings. The Morgan fingerprint density at radius 1 is 1.42 bits per heavy atom. The van der Waals surface area contributed by atoms with Crippen LogP contribution in [0.4, 0.5) is 0 Å². The monoisotopic (exact) mass is 190 g/mol. The minimum atomic E-state index is -2.77. The summed E-state index contributed by atoms with van der Waals surface area (Å²) >= 11 is 0. The molecule has 72 valence electrons. The van der Waals surface area contributed by atoms with Crippen molar-refractivity contribution in [1.29, 1.82) is 0 Å². The van der Waals surface area contributed by atoms with Crippen LogP contribution in [-0.4, -0.2) is 20.4 Å². The van der Waals surface area contributed by atoms with Crippen molar-refractivity contribution in [2.24, 2.45) is 11.3 Å². The van der Waals surface area contributed by atoms with Gasteiger partial charge in [-0.1, -0.05) is 20.3 Å². The summed E-state index contributed by atoms with van der Waals surface area (Å²) in [5.41, 5.74) is 0.155. The van der Waals surface area contributed by atoms with Crippen LogP contribution in [0.1, 0.15) is 33.1 Å². The SMILES string of the molecule is CCC1CC1(CC)CS(C)(=O)=O. The third kappa shape index (κ3) is 2.00. The van der Waals surface area contributed by atoms with Crippen LogP contribution in [0.25, 0.3) is 0 Å². The normalized spacial score (nSPS) is 35.1. The summed E-state index contributed by atoms with van der Waals surface area (Å²) < 4.78 is 22.2. The second-order valence-electron chi connectivity index (χ2n) is 4.10. The van der Waals surface area contributed by atoms with Crippen molar-refractivity contribution >= 4 is 9.84 Å². The lowest BCUT2D eigenvalue weighted by atomic mass is 10.0. The molecule has 0 bridgehead atoms. The first-order valence-corrected chi connectivity index (χ1v) is 6.67. The second kappa shape index (κ2) is 3.02. The van der Waals surface area contributed by atoms with Crippen LogP contribution in [0.15, 0.2) is 0 Å². The second-order valence-corrected chi connectivity index (χ2v) is 6.24. The molecule has 1 aliphatic rings. The fourth-order valence-electron chi connectivity index (χ4n) is 2.24. The Kier molecular flexibility index (Phi) is 2.52. The molecular formula is C9H18O2S. The van der Waals surface area contributed by atoms with Crippen molar-refractivity contribution in [2.75, 3.05) is 12.0 Å². The molecule has 0 heterocycles. The van der Waals surface area contributed by atoms with Crippen LogP contribution < -0.4 is 0 Å².